The van der Waals surface area contributed by atoms with E-state index < -0.39 is 0 Å². The molecule has 1 aliphatic heterocycles. The summed E-state index contributed by atoms with van der Waals surface area (Å²) in [6.07, 6.45) is 6.23. The first-order valence-electron chi connectivity index (χ1n) is 8.93. The van der Waals surface area contributed by atoms with Gasteiger partial charge >= 0.3 is 0 Å². The highest BCUT2D eigenvalue weighted by Crippen LogP contribution is 2.27. The summed E-state index contributed by atoms with van der Waals surface area (Å²) >= 11 is 1.64. The Morgan fingerprint density at radius 1 is 1.38 bits per heavy atom. The number of hydrogen-bond acceptors (Lipinski definition) is 7. The number of aryl methyl sites for hydroxylation is 2. The van der Waals surface area contributed by atoms with Crippen LogP contribution in [0.25, 0.3) is 10.2 Å². The van der Waals surface area contributed by atoms with Gasteiger partial charge in [0.2, 0.25) is 0 Å². The average molecular weight is 370 g/mol. The van der Waals surface area contributed by atoms with Crippen molar-refractivity contribution in [2.75, 3.05) is 23.3 Å². The summed E-state index contributed by atoms with van der Waals surface area (Å²) < 4.78 is 1.58. The van der Waals surface area contributed by atoms with Crippen LogP contribution in [0.2, 0.25) is 0 Å². The zero-order valence-electron chi connectivity index (χ0n) is 15.0. The summed E-state index contributed by atoms with van der Waals surface area (Å²) in [7, 11) is 1.76. The van der Waals surface area contributed by atoms with Crippen LogP contribution in [0.4, 0.5) is 11.6 Å². The molecule has 3 aromatic rings. The second kappa shape index (κ2) is 7.03. The van der Waals surface area contributed by atoms with Crippen molar-refractivity contribution in [2.45, 2.75) is 32.2 Å². The number of fused-ring (bicyclic) bond motifs is 1. The van der Waals surface area contributed by atoms with Crippen molar-refractivity contribution in [3.8, 4) is 0 Å². The van der Waals surface area contributed by atoms with E-state index >= 15 is 0 Å². The molecule has 1 fully saturated rings. The van der Waals surface area contributed by atoms with Gasteiger partial charge in [-0.15, -0.1) is 11.3 Å². The molecule has 1 atom stereocenters. The van der Waals surface area contributed by atoms with Crippen molar-refractivity contribution in [3.05, 3.63) is 40.0 Å². The number of rotatable bonds is 4. The summed E-state index contributed by atoms with van der Waals surface area (Å²) in [6, 6.07) is 2.29. The van der Waals surface area contributed by atoms with Crippen LogP contribution in [0, 0.1) is 0 Å². The fourth-order valence-electron chi connectivity index (χ4n) is 3.35. The van der Waals surface area contributed by atoms with Crippen molar-refractivity contribution in [2.24, 2.45) is 7.05 Å². The van der Waals surface area contributed by atoms with E-state index in [4.69, 9.17) is 4.98 Å². The molecule has 0 saturated carbocycles. The van der Waals surface area contributed by atoms with Gasteiger partial charge in [0, 0.05) is 45.0 Å². The first-order chi connectivity index (χ1) is 12.7. The number of thiophene rings is 1. The zero-order valence-corrected chi connectivity index (χ0v) is 15.8. The first-order valence-corrected chi connectivity index (χ1v) is 9.81. The maximum Gasteiger partial charge on any atom is 0.293 e. The molecule has 0 aromatic carbocycles. The maximum atomic E-state index is 12.4. The van der Waals surface area contributed by atoms with E-state index in [1.165, 1.54) is 0 Å². The van der Waals surface area contributed by atoms with Gasteiger partial charge < -0.3 is 14.8 Å². The number of anilines is 2. The number of nitrogens with zero attached hydrogens (tertiary/aromatic N) is 5. The Morgan fingerprint density at radius 3 is 3.12 bits per heavy atom. The van der Waals surface area contributed by atoms with Crippen molar-refractivity contribution in [3.63, 3.8) is 0 Å². The van der Waals surface area contributed by atoms with E-state index in [2.05, 4.69) is 38.6 Å². The van der Waals surface area contributed by atoms with Gasteiger partial charge in [0.05, 0.1) is 5.39 Å². The molecule has 0 bridgehead atoms. The minimum atomic E-state index is -0.0521. The highest BCUT2D eigenvalue weighted by molar-refractivity contribution is 7.16. The molecule has 1 saturated heterocycles. The highest BCUT2D eigenvalue weighted by atomic mass is 32.1. The van der Waals surface area contributed by atoms with Crippen LogP contribution in [0.5, 0.6) is 0 Å². The maximum absolute atomic E-state index is 12.4. The lowest BCUT2D eigenvalue weighted by atomic mass is 10.1. The van der Waals surface area contributed by atoms with Crippen LogP contribution in [0.3, 0.4) is 0 Å². The second-order valence-corrected chi connectivity index (χ2v) is 7.47. The van der Waals surface area contributed by atoms with E-state index in [1.54, 1.807) is 35.3 Å². The number of nitrogens with one attached hydrogen (secondary N) is 1. The summed E-state index contributed by atoms with van der Waals surface area (Å²) in [5.74, 6) is 2.28. The normalized spacial score (nSPS) is 17.6. The fourth-order valence-corrected chi connectivity index (χ4v) is 4.13. The SMILES string of the molecule is CCc1nc(N[C@H]2CCCN(c3nccn(C)c3=O)C2)c2ccsc2n1. The molecule has 0 spiro atoms. The molecule has 0 unspecified atom stereocenters. The molecule has 7 nitrogen and oxygen atoms in total. The number of hydrogen-bond donors (Lipinski definition) is 1. The molecule has 0 amide bonds. The minimum absolute atomic E-state index is 0.0521. The van der Waals surface area contributed by atoms with E-state index in [-0.39, 0.29) is 11.6 Å². The Hall–Kier alpha value is -2.48. The molecule has 0 aliphatic carbocycles. The molecule has 4 heterocycles. The standard InChI is InChI=1S/C18H22N6OS/c1-3-14-21-15(13-6-10-26-17(13)22-14)20-12-5-4-8-24(11-12)16-18(25)23(2)9-7-19-16/h6-7,9-10,12H,3-5,8,11H2,1-2H3,(H,20,21,22)/t12-/m0/s1. The molecule has 136 valence electrons. The summed E-state index contributed by atoms with van der Waals surface area (Å²) in [5, 5.41) is 6.71. The van der Waals surface area contributed by atoms with Crippen LogP contribution in [-0.2, 0) is 13.5 Å². The quantitative estimate of drug-likeness (QED) is 0.760. The molecule has 0 radical (unpaired) electrons. The van der Waals surface area contributed by atoms with Gasteiger partial charge in [-0.05, 0) is 24.3 Å². The molecule has 1 aliphatic rings. The number of aromatic nitrogens is 4. The summed E-state index contributed by atoms with van der Waals surface area (Å²) in [6.45, 7) is 3.66. The number of piperidine rings is 1. The first kappa shape index (κ1) is 17.0. The van der Waals surface area contributed by atoms with E-state index in [9.17, 15) is 4.79 Å². The largest absolute Gasteiger partial charge is 0.365 e. The molecule has 26 heavy (non-hydrogen) atoms. The topological polar surface area (TPSA) is 75.9 Å². The van der Waals surface area contributed by atoms with Crippen molar-refractivity contribution in [1.29, 1.82) is 0 Å². The molecular weight excluding hydrogens is 348 g/mol. The van der Waals surface area contributed by atoms with Gasteiger partial charge in [0.15, 0.2) is 5.82 Å². The lowest BCUT2D eigenvalue weighted by Crippen LogP contribution is -2.45. The second-order valence-electron chi connectivity index (χ2n) is 6.58. The molecule has 3 aromatic heterocycles. The lowest BCUT2D eigenvalue weighted by molar-refractivity contribution is 0.523. The van der Waals surface area contributed by atoms with Crippen LogP contribution >= 0.6 is 11.3 Å². The predicted molar refractivity (Wildman–Crippen MR) is 105 cm³/mol. The predicted octanol–water partition coefficient (Wildman–Crippen LogP) is 2.43. The van der Waals surface area contributed by atoms with E-state index in [1.807, 2.05) is 0 Å². The van der Waals surface area contributed by atoms with Gasteiger partial charge in [-0.3, -0.25) is 4.79 Å². The van der Waals surface area contributed by atoms with Gasteiger partial charge in [-0.2, -0.15) is 0 Å². The smallest absolute Gasteiger partial charge is 0.293 e. The third kappa shape index (κ3) is 3.16. The van der Waals surface area contributed by atoms with Gasteiger partial charge in [0.25, 0.3) is 5.56 Å². The van der Waals surface area contributed by atoms with Crippen LogP contribution < -0.4 is 15.8 Å². The monoisotopic (exact) mass is 370 g/mol. The van der Waals surface area contributed by atoms with Crippen molar-refractivity contribution in [1.82, 2.24) is 19.5 Å². The molecule has 1 N–H and O–H groups in total. The van der Waals surface area contributed by atoms with Gasteiger partial charge in [-0.25, -0.2) is 15.0 Å². The lowest BCUT2D eigenvalue weighted by Gasteiger charge is -2.33. The minimum Gasteiger partial charge on any atom is -0.365 e. The average Bonchev–Trinajstić information content (AvgIpc) is 3.13. The van der Waals surface area contributed by atoms with E-state index in [0.717, 1.165) is 54.2 Å². The Balaban J connectivity index is 1.58. The van der Waals surface area contributed by atoms with Crippen molar-refractivity contribution < 1.29 is 0 Å². The Morgan fingerprint density at radius 2 is 2.27 bits per heavy atom. The fraction of sp³-hybridized carbons (Fsp3) is 0.444. The molecule has 8 heteroatoms. The summed E-state index contributed by atoms with van der Waals surface area (Å²) in [4.78, 5) is 29.1. The zero-order chi connectivity index (χ0) is 18.1. The summed E-state index contributed by atoms with van der Waals surface area (Å²) in [5.41, 5.74) is -0.0521. The Bertz CT molecular complexity index is 981. The van der Waals surface area contributed by atoms with Gasteiger partial charge in [-0.1, -0.05) is 6.92 Å². The third-order valence-corrected chi connectivity index (χ3v) is 5.55. The highest BCUT2D eigenvalue weighted by Gasteiger charge is 2.24. The van der Waals surface area contributed by atoms with Gasteiger partial charge in [0.1, 0.15) is 16.5 Å². The van der Waals surface area contributed by atoms with E-state index in [0.29, 0.717) is 5.82 Å². The van der Waals surface area contributed by atoms with Crippen LogP contribution in [-0.4, -0.2) is 38.7 Å². The van der Waals surface area contributed by atoms with Crippen LogP contribution in [0.15, 0.2) is 28.6 Å². The molecular formula is C18H22N6OS. The Kier molecular flexibility index (Phi) is 4.58. The third-order valence-electron chi connectivity index (χ3n) is 4.75. The van der Waals surface area contributed by atoms with Crippen molar-refractivity contribution >= 4 is 33.2 Å². The van der Waals surface area contributed by atoms with Crippen LogP contribution in [0.1, 0.15) is 25.6 Å². The molecule has 4 rings (SSSR count). The Labute approximate surface area is 155 Å².